The first-order chi connectivity index (χ1) is 11.9. The fraction of sp³-hybridized carbons (Fsp3) is 0.588. The zero-order chi connectivity index (χ0) is 16.2. The minimum Gasteiger partial charge on any atom is -0.348 e. The third-order valence-corrected chi connectivity index (χ3v) is 4.84. The smallest absolute Gasteiger partial charge is 0.222 e. The summed E-state index contributed by atoms with van der Waals surface area (Å²) in [5.41, 5.74) is 2.37. The second kappa shape index (κ2) is 7.27. The Morgan fingerprint density at radius 3 is 3.00 bits per heavy atom. The zero-order valence-corrected chi connectivity index (χ0v) is 14.0. The van der Waals surface area contributed by atoms with Gasteiger partial charge in [-0.25, -0.2) is 9.97 Å². The van der Waals surface area contributed by atoms with Gasteiger partial charge in [0.1, 0.15) is 0 Å². The summed E-state index contributed by atoms with van der Waals surface area (Å²) in [5, 5.41) is 11.4. The molecule has 7 heteroatoms. The standard InChI is InChI=1S/C17H25N7/c1-3-14(10-18-4-1)12-23-7-8-24-16(13-23)9-15(22-24)11-21-17-19-5-2-6-20-17/h2,5-6,9,14,18H,1,3-4,7-8,10-13H2,(H,19,20,21)/t14-/m0/s1. The van der Waals surface area contributed by atoms with E-state index in [4.69, 9.17) is 5.10 Å². The van der Waals surface area contributed by atoms with Gasteiger partial charge in [0.25, 0.3) is 0 Å². The Labute approximate surface area is 142 Å². The van der Waals surface area contributed by atoms with E-state index in [1.807, 2.05) is 6.07 Å². The topological polar surface area (TPSA) is 70.9 Å². The van der Waals surface area contributed by atoms with E-state index in [1.165, 1.54) is 38.2 Å². The molecule has 0 unspecified atom stereocenters. The van der Waals surface area contributed by atoms with Crippen LogP contribution in [0.2, 0.25) is 0 Å². The first kappa shape index (κ1) is 15.5. The van der Waals surface area contributed by atoms with Crippen molar-refractivity contribution in [1.29, 1.82) is 0 Å². The van der Waals surface area contributed by atoms with Crippen LogP contribution in [0.3, 0.4) is 0 Å². The Morgan fingerprint density at radius 2 is 2.17 bits per heavy atom. The van der Waals surface area contributed by atoms with Gasteiger partial charge in [0, 0.05) is 32.0 Å². The molecule has 1 fully saturated rings. The number of rotatable bonds is 5. The number of piperidine rings is 1. The number of fused-ring (bicyclic) bond motifs is 1. The van der Waals surface area contributed by atoms with Gasteiger partial charge in [-0.1, -0.05) is 0 Å². The van der Waals surface area contributed by atoms with E-state index in [1.54, 1.807) is 12.4 Å². The minimum absolute atomic E-state index is 0.648. The third kappa shape index (κ3) is 3.73. The van der Waals surface area contributed by atoms with Crippen LogP contribution in [0.25, 0.3) is 0 Å². The van der Waals surface area contributed by atoms with E-state index < -0.39 is 0 Å². The van der Waals surface area contributed by atoms with Crippen LogP contribution in [0.1, 0.15) is 24.2 Å². The molecule has 0 radical (unpaired) electrons. The highest BCUT2D eigenvalue weighted by Gasteiger charge is 2.22. The number of nitrogens with zero attached hydrogens (tertiary/aromatic N) is 5. The molecule has 24 heavy (non-hydrogen) atoms. The average Bonchev–Trinajstić information content (AvgIpc) is 3.04. The fourth-order valence-corrected chi connectivity index (χ4v) is 3.63. The normalized spacial score (nSPS) is 21.4. The molecule has 0 aromatic carbocycles. The maximum absolute atomic E-state index is 4.71. The van der Waals surface area contributed by atoms with Crippen molar-refractivity contribution in [3.63, 3.8) is 0 Å². The van der Waals surface area contributed by atoms with Gasteiger partial charge in [0.05, 0.1) is 24.5 Å². The van der Waals surface area contributed by atoms with Crippen LogP contribution in [0.4, 0.5) is 5.95 Å². The summed E-state index contributed by atoms with van der Waals surface area (Å²) in [5.74, 6) is 1.44. The highest BCUT2D eigenvalue weighted by molar-refractivity contribution is 5.24. The summed E-state index contributed by atoms with van der Waals surface area (Å²) >= 11 is 0. The highest BCUT2D eigenvalue weighted by atomic mass is 15.3. The van der Waals surface area contributed by atoms with Gasteiger partial charge >= 0.3 is 0 Å². The molecule has 4 rings (SSSR count). The zero-order valence-electron chi connectivity index (χ0n) is 14.0. The van der Waals surface area contributed by atoms with Crippen molar-refractivity contribution < 1.29 is 0 Å². The average molecular weight is 327 g/mol. The molecule has 4 heterocycles. The van der Waals surface area contributed by atoms with Crippen molar-refractivity contribution in [3.05, 3.63) is 35.9 Å². The molecule has 0 spiro atoms. The summed E-state index contributed by atoms with van der Waals surface area (Å²) in [6.07, 6.45) is 6.15. The Balaban J connectivity index is 1.33. The number of anilines is 1. The summed E-state index contributed by atoms with van der Waals surface area (Å²) in [4.78, 5) is 10.9. The van der Waals surface area contributed by atoms with Gasteiger partial charge < -0.3 is 10.6 Å². The van der Waals surface area contributed by atoms with Gasteiger partial charge in [0.15, 0.2) is 0 Å². The maximum atomic E-state index is 4.71. The predicted molar refractivity (Wildman–Crippen MR) is 92.5 cm³/mol. The maximum Gasteiger partial charge on any atom is 0.222 e. The Kier molecular flexibility index (Phi) is 4.71. The molecule has 0 aliphatic carbocycles. The number of aromatic nitrogens is 4. The van der Waals surface area contributed by atoms with Crippen molar-refractivity contribution in [1.82, 2.24) is 30.0 Å². The second-order valence-electron chi connectivity index (χ2n) is 6.72. The molecule has 2 aromatic rings. The monoisotopic (exact) mass is 327 g/mol. The third-order valence-electron chi connectivity index (χ3n) is 4.84. The van der Waals surface area contributed by atoms with Crippen LogP contribution in [-0.4, -0.2) is 50.8 Å². The minimum atomic E-state index is 0.648. The summed E-state index contributed by atoms with van der Waals surface area (Å²) in [7, 11) is 0. The van der Waals surface area contributed by atoms with Crippen LogP contribution in [0.5, 0.6) is 0 Å². The molecular formula is C17H25N7. The number of hydrogen-bond donors (Lipinski definition) is 2. The molecule has 0 amide bonds. The van der Waals surface area contributed by atoms with Crippen molar-refractivity contribution in [2.75, 3.05) is 31.5 Å². The van der Waals surface area contributed by atoms with E-state index >= 15 is 0 Å². The molecule has 2 aliphatic rings. The van der Waals surface area contributed by atoms with Crippen molar-refractivity contribution in [2.24, 2.45) is 5.92 Å². The molecule has 0 saturated carbocycles. The van der Waals surface area contributed by atoms with Crippen LogP contribution in [0, 0.1) is 5.92 Å². The molecule has 1 atom stereocenters. The van der Waals surface area contributed by atoms with Crippen LogP contribution < -0.4 is 10.6 Å². The fourth-order valence-electron chi connectivity index (χ4n) is 3.63. The quantitative estimate of drug-likeness (QED) is 0.857. The van der Waals surface area contributed by atoms with E-state index in [0.717, 1.165) is 31.2 Å². The summed E-state index contributed by atoms with van der Waals surface area (Å²) < 4.78 is 2.15. The van der Waals surface area contributed by atoms with Gasteiger partial charge in [-0.05, 0) is 44.0 Å². The van der Waals surface area contributed by atoms with E-state index in [9.17, 15) is 0 Å². The molecule has 2 N–H and O–H groups in total. The molecule has 128 valence electrons. The van der Waals surface area contributed by atoms with E-state index in [2.05, 4.69) is 36.2 Å². The van der Waals surface area contributed by atoms with Gasteiger partial charge in [0.2, 0.25) is 5.95 Å². The molecule has 0 bridgehead atoms. The summed E-state index contributed by atoms with van der Waals surface area (Å²) in [6, 6.07) is 4.03. The second-order valence-corrected chi connectivity index (χ2v) is 6.72. The Hall–Kier alpha value is -1.99. The number of hydrogen-bond acceptors (Lipinski definition) is 6. The van der Waals surface area contributed by atoms with Gasteiger partial charge in [-0.2, -0.15) is 5.10 Å². The lowest BCUT2D eigenvalue weighted by molar-refractivity contribution is 0.168. The van der Waals surface area contributed by atoms with Gasteiger partial charge in [-0.15, -0.1) is 0 Å². The summed E-state index contributed by atoms with van der Waals surface area (Å²) in [6.45, 7) is 7.30. The van der Waals surface area contributed by atoms with Crippen LogP contribution in [0.15, 0.2) is 24.5 Å². The molecule has 7 nitrogen and oxygen atoms in total. The molecule has 2 aliphatic heterocycles. The van der Waals surface area contributed by atoms with E-state index in [0.29, 0.717) is 12.5 Å². The molecule has 2 aromatic heterocycles. The first-order valence-corrected chi connectivity index (χ1v) is 8.86. The molecule has 1 saturated heterocycles. The molecular weight excluding hydrogens is 302 g/mol. The van der Waals surface area contributed by atoms with Crippen molar-refractivity contribution >= 4 is 5.95 Å². The first-order valence-electron chi connectivity index (χ1n) is 8.86. The highest BCUT2D eigenvalue weighted by Crippen LogP contribution is 2.18. The Morgan fingerprint density at radius 1 is 1.25 bits per heavy atom. The largest absolute Gasteiger partial charge is 0.348 e. The predicted octanol–water partition coefficient (Wildman–Crippen LogP) is 1.10. The lowest BCUT2D eigenvalue weighted by Gasteiger charge is -2.32. The van der Waals surface area contributed by atoms with E-state index in [-0.39, 0.29) is 0 Å². The lowest BCUT2D eigenvalue weighted by atomic mass is 9.99. The lowest BCUT2D eigenvalue weighted by Crippen LogP contribution is -2.41. The SMILES string of the molecule is c1cnc(NCc2cc3n(n2)CCN(C[C@H]2CCCNC2)C3)nc1. The van der Waals surface area contributed by atoms with Crippen LogP contribution in [-0.2, 0) is 19.6 Å². The van der Waals surface area contributed by atoms with Gasteiger partial charge in [-0.3, -0.25) is 9.58 Å². The van der Waals surface area contributed by atoms with Crippen molar-refractivity contribution in [2.45, 2.75) is 32.5 Å². The van der Waals surface area contributed by atoms with Crippen LogP contribution >= 0.6 is 0 Å². The Bertz CT molecular complexity index is 648. The number of nitrogens with one attached hydrogen (secondary N) is 2. The van der Waals surface area contributed by atoms with Crippen molar-refractivity contribution in [3.8, 4) is 0 Å².